The third-order valence-electron chi connectivity index (χ3n) is 3.17. The Balaban J connectivity index is 1.68. The van der Waals surface area contributed by atoms with E-state index in [0.29, 0.717) is 6.04 Å². The largest absolute Gasteiger partial charge is 0.309 e. The van der Waals surface area contributed by atoms with Crippen LogP contribution in [-0.4, -0.2) is 16.2 Å². The molecular formula is C12H19N3. The molecule has 0 amide bonds. The third kappa shape index (κ3) is 3.27. The Hall–Kier alpha value is -0.960. The highest BCUT2D eigenvalue weighted by Gasteiger charge is 2.19. The molecular weight excluding hydrogens is 186 g/mol. The Morgan fingerprint density at radius 1 is 1.53 bits per heavy atom. The van der Waals surface area contributed by atoms with E-state index in [-0.39, 0.29) is 0 Å². The lowest BCUT2D eigenvalue weighted by atomic mass is 9.81. The van der Waals surface area contributed by atoms with Crippen molar-refractivity contribution in [2.24, 2.45) is 5.92 Å². The van der Waals surface area contributed by atoms with Crippen molar-refractivity contribution in [3.05, 3.63) is 24.0 Å². The van der Waals surface area contributed by atoms with Gasteiger partial charge in [-0.05, 0) is 31.4 Å². The highest BCUT2D eigenvalue weighted by atomic mass is 15.1. The fourth-order valence-electron chi connectivity index (χ4n) is 2.02. The summed E-state index contributed by atoms with van der Waals surface area (Å²) in [6, 6.07) is 4.54. The first-order chi connectivity index (χ1) is 7.34. The number of nitrogens with zero attached hydrogens (tertiary/aromatic N) is 2. The Morgan fingerprint density at radius 2 is 2.40 bits per heavy atom. The van der Waals surface area contributed by atoms with Gasteiger partial charge in [-0.2, -0.15) is 10.2 Å². The van der Waals surface area contributed by atoms with Crippen LogP contribution in [0.25, 0.3) is 0 Å². The van der Waals surface area contributed by atoms with Crippen molar-refractivity contribution in [2.45, 2.75) is 45.2 Å². The van der Waals surface area contributed by atoms with Crippen LogP contribution in [0.15, 0.2) is 18.3 Å². The summed E-state index contributed by atoms with van der Waals surface area (Å²) in [5, 5.41) is 11.4. The number of hydrogen-bond acceptors (Lipinski definition) is 3. The average molecular weight is 205 g/mol. The summed E-state index contributed by atoms with van der Waals surface area (Å²) in [7, 11) is 0. The standard InChI is InChI=1S/C12H19N3/c1-10(8-11-4-2-5-11)13-9-12-6-3-7-14-15-12/h3,6-7,10-11,13H,2,4-5,8-9H2,1H3. The van der Waals surface area contributed by atoms with Crippen molar-refractivity contribution >= 4 is 0 Å². The summed E-state index contributed by atoms with van der Waals surface area (Å²) in [6.45, 7) is 3.09. The molecule has 1 saturated carbocycles. The van der Waals surface area contributed by atoms with Gasteiger partial charge in [0.1, 0.15) is 0 Å². The monoisotopic (exact) mass is 205 g/mol. The Morgan fingerprint density at radius 3 is 3.00 bits per heavy atom. The summed E-state index contributed by atoms with van der Waals surface area (Å²) in [6.07, 6.45) is 7.30. The van der Waals surface area contributed by atoms with Gasteiger partial charge in [0.25, 0.3) is 0 Å². The van der Waals surface area contributed by atoms with Crippen molar-refractivity contribution in [1.82, 2.24) is 15.5 Å². The zero-order valence-corrected chi connectivity index (χ0v) is 9.32. The van der Waals surface area contributed by atoms with Gasteiger partial charge in [0.05, 0.1) is 5.69 Å². The molecule has 1 N–H and O–H groups in total. The Kier molecular flexibility index (Phi) is 3.67. The number of nitrogens with one attached hydrogen (secondary N) is 1. The maximum Gasteiger partial charge on any atom is 0.0769 e. The van der Waals surface area contributed by atoms with Crippen LogP contribution >= 0.6 is 0 Å². The van der Waals surface area contributed by atoms with E-state index in [1.807, 2.05) is 12.1 Å². The molecule has 0 saturated heterocycles. The van der Waals surface area contributed by atoms with Crippen LogP contribution in [-0.2, 0) is 6.54 Å². The van der Waals surface area contributed by atoms with Crippen LogP contribution in [0.2, 0.25) is 0 Å². The minimum Gasteiger partial charge on any atom is -0.309 e. The van der Waals surface area contributed by atoms with Gasteiger partial charge < -0.3 is 5.32 Å². The van der Waals surface area contributed by atoms with Crippen LogP contribution in [0.5, 0.6) is 0 Å². The molecule has 0 spiro atoms. The molecule has 1 aromatic rings. The molecule has 1 heterocycles. The molecule has 82 valence electrons. The minimum absolute atomic E-state index is 0.595. The van der Waals surface area contributed by atoms with E-state index < -0.39 is 0 Å². The molecule has 0 aromatic carbocycles. The Labute approximate surface area is 91.3 Å². The van der Waals surface area contributed by atoms with Gasteiger partial charge in [-0.1, -0.05) is 19.3 Å². The van der Waals surface area contributed by atoms with Crippen LogP contribution in [0.4, 0.5) is 0 Å². The van der Waals surface area contributed by atoms with Gasteiger partial charge in [-0.3, -0.25) is 0 Å². The van der Waals surface area contributed by atoms with Crippen molar-refractivity contribution in [3.8, 4) is 0 Å². The molecule has 1 atom stereocenters. The second kappa shape index (κ2) is 5.21. The number of rotatable bonds is 5. The van der Waals surface area contributed by atoms with Crippen LogP contribution in [0, 0.1) is 5.92 Å². The molecule has 1 aromatic heterocycles. The maximum absolute atomic E-state index is 4.05. The summed E-state index contributed by atoms with van der Waals surface area (Å²) < 4.78 is 0. The average Bonchev–Trinajstić information content (AvgIpc) is 2.22. The maximum atomic E-state index is 4.05. The first kappa shape index (κ1) is 10.6. The number of aromatic nitrogens is 2. The molecule has 1 aliphatic rings. The van der Waals surface area contributed by atoms with Crippen LogP contribution in [0.3, 0.4) is 0 Å². The fourth-order valence-corrected chi connectivity index (χ4v) is 2.02. The molecule has 3 nitrogen and oxygen atoms in total. The smallest absolute Gasteiger partial charge is 0.0769 e. The van der Waals surface area contributed by atoms with Gasteiger partial charge in [0.15, 0.2) is 0 Å². The highest BCUT2D eigenvalue weighted by Crippen LogP contribution is 2.30. The van der Waals surface area contributed by atoms with E-state index in [1.165, 1.54) is 25.7 Å². The summed E-state index contributed by atoms with van der Waals surface area (Å²) in [4.78, 5) is 0. The van der Waals surface area contributed by atoms with Gasteiger partial charge in [0.2, 0.25) is 0 Å². The van der Waals surface area contributed by atoms with Gasteiger partial charge in [-0.25, -0.2) is 0 Å². The van der Waals surface area contributed by atoms with E-state index >= 15 is 0 Å². The first-order valence-electron chi connectivity index (χ1n) is 5.84. The highest BCUT2D eigenvalue weighted by molar-refractivity contribution is 4.98. The molecule has 1 fully saturated rings. The normalized spacial score (nSPS) is 18.5. The van der Waals surface area contributed by atoms with E-state index in [2.05, 4.69) is 22.4 Å². The summed E-state index contributed by atoms with van der Waals surface area (Å²) >= 11 is 0. The molecule has 1 unspecified atom stereocenters. The van der Waals surface area contributed by atoms with Gasteiger partial charge in [0, 0.05) is 18.8 Å². The molecule has 3 heteroatoms. The quantitative estimate of drug-likeness (QED) is 0.800. The lowest BCUT2D eigenvalue weighted by molar-refractivity contribution is 0.265. The molecule has 15 heavy (non-hydrogen) atoms. The molecule has 0 aliphatic heterocycles. The lowest BCUT2D eigenvalue weighted by Gasteiger charge is -2.28. The summed E-state index contributed by atoms with van der Waals surface area (Å²) in [5.74, 6) is 0.967. The van der Waals surface area contributed by atoms with E-state index in [4.69, 9.17) is 0 Å². The molecule has 2 rings (SSSR count). The molecule has 0 radical (unpaired) electrons. The second-order valence-corrected chi connectivity index (χ2v) is 4.53. The zero-order chi connectivity index (χ0) is 10.5. The molecule has 0 bridgehead atoms. The summed E-state index contributed by atoms with van der Waals surface area (Å²) in [5.41, 5.74) is 1.03. The topological polar surface area (TPSA) is 37.8 Å². The number of hydrogen-bond donors (Lipinski definition) is 1. The lowest BCUT2D eigenvalue weighted by Crippen LogP contribution is -2.30. The minimum atomic E-state index is 0.595. The zero-order valence-electron chi connectivity index (χ0n) is 9.32. The second-order valence-electron chi connectivity index (χ2n) is 4.53. The van der Waals surface area contributed by atoms with E-state index in [0.717, 1.165) is 18.2 Å². The van der Waals surface area contributed by atoms with Crippen molar-refractivity contribution in [3.63, 3.8) is 0 Å². The Bertz CT molecular complexity index is 282. The third-order valence-corrected chi connectivity index (χ3v) is 3.17. The van der Waals surface area contributed by atoms with E-state index in [9.17, 15) is 0 Å². The van der Waals surface area contributed by atoms with Crippen molar-refractivity contribution in [2.75, 3.05) is 0 Å². The van der Waals surface area contributed by atoms with Crippen LogP contribution < -0.4 is 5.32 Å². The molecule has 1 aliphatic carbocycles. The van der Waals surface area contributed by atoms with E-state index in [1.54, 1.807) is 6.20 Å². The van der Waals surface area contributed by atoms with Crippen LogP contribution in [0.1, 0.15) is 38.3 Å². The van der Waals surface area contributed by atoms with Crippen molar-refractivity contribution < 1.29 is 0 Å². The predicted octanol–water partition coefficient (Wildman–Crippen LogP) is 2.14. The van der Waals surface area contributed by atoms with Gasteiger partial charge >= 0.3 is 0 Å². The van der Waals surface area contributed by atoms with Gasteiger partial charge in [-0.15, -0.1) is 0 Å². The van der Waals surface area contributed by atoms with Crippen molar-refractivity contribution in [1.29, 1.82) is 0 Å². The first-order valence-corrected chi connectivity index (χ1v) is 5.84. The predicted molar refractivity (Wildman–Crippen MR) is 60.3 cm³/mol. The SMILES string of the molecule is CC(CC1CCC1)NCc1cccnn1. The fraction of sp³-hybridized carbons (Fsp3) is 0.667.